The van der Waals surface area contributed by atoms with E-state index in [4.69, 9.17) is 4.42 Å². The van der Waals surface area contributed by atoms with Gasteiger partial charge in [-0.15, -0.1) is 0 Å². The van der Waals surface area contributed by atoms with Crippen molar-refractivity contribution in [2.75, 3.05) is 5.32 Å². The molecule has 0 spiro atoms. The average molecular weight is 485 g/mol. The standard InChI is InChI=1S/C20H12IN3O4/c21-14-5-7-15(8-6-14)23-20(25)13(12-22)11-16-9-10-19(28-16)17-3-1-2-4-18(17)24(26)27/h1-11H,(H,23,25)/b13-11+. The van der Waals surface area contributed by atoms with Gasteiger partial charge in [-0.1, -0.05) is 12.1 Å². The Labute approximate surface area is 173 Å². The number of rotatable bonds is 5. The highest BCUT2D eigenvalue weighted by atomic mass is 127. The van der Waals surface area contributed by atoms with Gasteiger partial charge < -0.3 is 9.73 Å². The molecule has 0 unspecified atom stereocenters. The van der Waals surface area contributed by atoms with Crippen LogP contribution in [0.3, 0.4) is 0 Å². The number of nitrogens with zero attached hydrogens (tertiary/aromatic N) is 2. The molecule has 8 heteroatoms. The second kappa shape index (κ2) is 8.49. The van der Waals surface area contributed by atoms with Crippen LogP contribution in [0, 0.1) is 25.0 Å². The van der Waals surface area contributed by atoms with E-state index >= 15 is 0 Å². The van der Waals surface area contributed by atoms with Gasteiger partial charge in [0, 0.05) is 21.4 Å². The fraction of sp³-hybridized carbons (Fsp3) is 0. The Kier molecular flexibility index (Phi) is 5.86. The molecular formula is C20H12IN3O4. The van der Waals surface area contributed by atoms with Gasteiger partial charge in [0.15, 0.2) is 0 Å². The van der Waals surface area contributed by atoms with Crippen LogP contribution in [0.5, 0.6) is 0 Å². The van der Waals surface area contributed by atoms with Crippen molar-refractivity contribution < 1.29 is 14.1 Å². The first-order valence-corrected chi connectivity index (χ1v) is 9.08. The van der Waals surface area contributed by atoms with Gasteiger partial charge in [-0.2, -0.15) is 5.26 Å². The molecule has 1 aromatic heterocycles. The van der Waals surface area contributed by atoms with E-state index in [1.165, 1.54) is 12.1 Å². The lowest BCUT2D eigenvalue weighted by Gasteiger charge is -2.04. The van der Waals surface area contributed by atoms with Gasteiger partial charge >= 0.3 is 0 Å². The summed E-state index contributed by atoms with van der Waals surface area (Å²) in [4.78, 5) is 23.0. The number of amides is 1. The maximum absolute atomic E-state index is 12.3. The Morgan fingerprint density at radius 3 is 2.54 bits per heavy atom. The number of nitrogens with one attached hydrogen (secondary N) is 1. The number of anilines is 1. The number of furan rings is 1. The molecular weight excluding hydrogens is 473 g/mol. The summed E-state index contributed by atoms with van der Waals surface area (Å²) in [7, 11) is 0. The number of hydrogen-bond donors (Lipinski definition) is 1. The summed E-state index contributed by atoms with van der Waals surface area (Å²) in [5.41, 5.74) is 0.631. The molecule has 2 aromatic carbocycles. The Hall–Kier alpha value is -3.45. The van der Waals surface area contributed by atoms with Crippen molar-refractivity contribution in [3.63, 3.8) is 0 Å². The zero-order chi connectivity index (χ0) is 20.1. The summed E-state index contributed by atoms with van der Waals surface area (Å²) in [6.45, 7) is 0. The van der Waals surface area contributed by atoms with Gasteiger partial charge in [0.05, 0.1) is 10.5 Å². The zero-order valence-electron chi connectivity index (χ0n) is 14.3. The molecule has 0 aliphatic carbocycles. The number of halogens is 1. The summed E-state index contributed by atoms with van der Waals surface area (Å²) >= 11 is 2.15. The highest BCUT2D eigenvalue weighted by Crippen LogP contribution is 2.31. The molecule has 7 nitrogen and oxygen atoms in total. The Bertz CT molecular complexity index is 1110. The monoisotopic (exact) mass is 485 g/mol. The van der Waals surface area contributed by atoms with E-state index in [1.54, 1.807) is 42.5 Å². The Balaban J connectivity index is 1.85. The third kappa shape index (κ3) is 4.44. The Morgan fingerprint density at radius 2 is 1.86 bits per heavy atom. The van der Waals surface area contributed by atoms with Gasteiger partial charge in [0.25, 0.3) is 11.6 Å². The van der Waals surface area contributed by atoms with Crippen molar-refractivity contribution in [2.45, 2.75) is 0 Å². The molecule has 0 fully saturated rings. The van der Waals surface area contributed by atoms with E-state index in [0.29, 0.717) is 11.3 Å². The van der Waals surface area contributed by atoms with Crippen molar-refractivity contribution >= 4 is 45.9 Å². The fourth-order valence-corrected chi connectivity index (χ4v) is 2.80. The summed E-state index contributed by atoms with van der Waals surface area (Å²) < 4.78 is 6.61. The summed E-state index contributed by atoms with van der Waals surface area (Å²) in [6, 6.07) is 18.2. The minimum Gasteiger partial charge on any atom is -0.456 e. The first-order valence-electron chi connectivity index (χ1n) is 8.00. The van der Waals surface area contributed by atoms with Crippen molar-refractivity contribution in [1.29, 1.82) is 5.26 Å². The third-order valence-corrected chi connectivity index (χ3v) is 4.47. The lowest BCUT2D eigenvalue weighted by Crippen LogP contribution is -2.13. The van der Waals surface area contributed by atoms with Gasteiger partial charge in [-0.05, 0) is 65.1 Å². The van der Waals surface area contributed by atoms with E-state index in [9.17, 15) is 20.2 Å². The lowest BCUT2D eigenvalue weighted by atomic mass is 10.1. The molecule has 1 amide bonds. The third-order valence-electron chi connectivity index (χ3n) is 3.75. The van der Waals surface area contributed by atoms with E-state index in [-0.39, 0.29) is 22.8 Å². The molecule has 0 bridgehead atoms. The molecule has 0 atom stereocenters. The van der Waals surface area contributed by atoms with Crippen molar-refractivity contribution in [3.8, 4) is 17.4 Å². The van der Waals surface area contributed by atoms with Crippen LogP contribution in [-0.2, 0) is 4.79 Å². The maximum atomic E-state index is 12.3. The highest BCUT2D eigenvalue weighted by Gasteiger charge is 2.17. The highest BCUT2D eigenvalue weighted by molar-refractivity contribution is 14.1. The van der Waals surface area contributed by atoms with Crippen LogP contribution < -0.4 is 5.32 Å². The molecule has 1 heterocycles. The van der Waals surface area contributed by atoms with E-state index in [0.717, 1.165) is 3.57 Å². The molecule has 138 valence electrons. The first-order chi connectivity index (χ1) is 13.5. The number of benzene rings is 2. The molecule has 3 aromatic rings. The SMILES string of the molecule is N#C/C(=C\c1ccc(-c2ccccc2[N+](=O)[O-])o1)C(=O)Nc1ccc(I)cc1. The van der Waals surface area contributed by atoms with Crippen molar-refractivity contribution in [2.24, 2.45) is 0 Å². The molecule has 0 aliphatic heterocycles. The Morgan fingerprint density at radius 1 is 1.14 bits per heavy atom. The van der Waals surface area contributed by atoms with Crippen LogP contribution in [0.1, 0.15) is 5.76 Å². The van der Waals surface area contributed by atoms with Gasteiger partial charge in [0.2, 0.25) is 0 Å². The van der Waals surface area contributed by atoms with Crippen LogP contribution in [-0.4, -0.2) is 10.8 Å². The number of hydrogen-bond acceptors (Lipinski definition) is 5. The van der Waals surface area contributed by atoms with Crippen molar-refractivity contribution in [1.82, 2.24) is 0 Å². The van der Waals surface area contributed by atoms with Crippen LogP contribution in [0.15, 0.2) is 70.7 Å². The van der Waals surface area contributed by atoms with Gasteiger partial charge in [-0.25, -0.2) is 0 Å². The summed E-state index contributed by atoms with van der Waals surface area (Å²) in [6.07, 6.45) is 1.29. The molecule has 0 radical (unpaired) electrons. The van der Waals surface area contributed by atoms with Crippen LogP contribution in [0.25, 0.3) is 17.4 Å². The molecule has 0 saturated heterocycles. The van der Waals surface area contributed by atoms with Crippen molar-refractivity contribution in [3.05, 3.63) is 85.7 Å². The zero-order valence-corrected chi connectivity index (χ0v) is 16.4. The number of nitro benzene ring substituents is 1. The number of nitriles is 1. The maximum Gasteiger partial charge on any atom is 0.280 e. The molecule has 0 saturated carbocycles. The lowest BCUT2D eigenvalue weighted by molar-refractivity contribution is -0.384. The fourth-order valence-electron chi connectivity index (χ4n) is 2.44. The quantitative estimate of drug-likeness (QED) is 0.180. The average Bonchev–Trinajstić information content (AvgIpc) is 3.16. The van der Waals surface area contributed by atoms with E-state index in [1.807, 2.05) is 18.2 Å². The number of carbonyl (C=O) groups excluding carboxylic acids is 1. The largest absolute Gasteiger partial charge is 0.456 e. The molecule has 1 N–H and O–H groups in total. The minimum atomic E-state index is -0.577. The summed E-state index contributed by atoms with van der Waals surface area (Å²) in [5, 5.41) is 23.1. The number of carbonyl (C=O) groups is 1. The normalized spacial score (nSPS) is 10.9. The molecule has 0 aliphatic rings. The topological polar surface area (TPSA) is 109 Å². The minimum absolute atomic E-state index is 0.0932. The second-order valence-corrected chi connectivity index (χ2v) is 6.85. The predicted molar refractivity (Wildman–Crippen MR) is 112 cm³/mol. The molecule has 3 rings (SSSR count). The van der Waals surface area contributed by atoms with Crippen LogP contribution in [0.4, 0.5) is 11.4 Å². The summed E-state index contributed by atoms with van der Waals surface area (Å²) in [5.74, 6) is -0.0660. The van der Waals surface area contributed by atoms with Gasteiger partial charge in [-0.3, -0.25) is 14.9 Å². The smallest absolute Gasteiger partial charge is 0.280 e. The predicted octanol–water partition coefficient (Wildman–Crippen LogP) is 5.01. The van der Waals surface area contributed by atoms with E-state index < -0.39 is 10.8 Å². The van der Waals surface area contributed by atoms with Gasteiger partial charge in [0.1, 0.15) is 23.2 Å². The second-order valence-electron chi connectivity index (χ2n) is 5.61. The van der Waals surface area contributed by atoms with Crippen LogP contribution in [0.2, 0.25) is 0 Å². The van der Waals surface area contributed by atoms with E-state index in [2.05, 4.69) is 27.9 Å². The van der Waals surface area contributed by atoms with Crippen LogP contribution >= 0.6 is 22.6 Å². The molecule has 28 heavy (non-hydrogen) atoms. The number of para-hydroxylation sites is 1. The first kappa shape index (κ1) is 19.3. The number of nitro groups is 1.